The third-order valence-corrected chi connectivity index (χ3v) is 3.93. The zero-order chi connectivity index (χ0) is 18.5. The summed E-state index contributed by atoms with van der Waals surface area (Å²) in [5, 5.41) is 0.955. The minimum absolute atomic E-state index is 0.00376. The van der Waals surface area contributed by atoms with Gasteiger partial charge in [0, 0.05) is 16.5 Å². The zero-order valence-electron chi connectivity index (χ0n) is 14.7. The van der Waals surface area contributed by atoms with E-state index in [1.165, 1.54) is 6.92 Å². The number of benzene rings is 2. The summed E-state index contributed by atoms with van der Waals surface area (Å²) in [6.07, 6.45) is 0. The number of carbonyl (C=O) groups is 2. The van der Waals surface area contributed by atoms with E-state index in [0.29, 0.717) is 23.5 Å². The summed E-state index contributed by atoms with van der Waals surface area (Å²) >= 11 is 0. The highest BCUT2D eigenvalue weighted by atomic mass is 16.5. The molecule has 3 rings (SSSR count). The molecule has 3 aromatic rings. The Bertz CT molecular complexity index is 965. The Balaban J connectivity index is 1.79. The second-order valence-electron chi connectivity index (χ2n) is 5.78. The molecule has 0 N–H and O–H groups in total. The number of esters is 1. The maximum atomic E-state index is 12.4. The third-order valence-electron chi connectivity index (χ3n) is 3.93. The second kappa shape index (κ2) is 7.78. The van der Waals surface area contributed by atoms with Crippen molar-refractivity contribution in [1.82, 2.24) is 4.98 Å². The average molecular weight is 349 g/mol. The van der Waals surface area contributed by atoms with E-state index in [4.69, 9.17) is 9.47 Å². The van der Waals surface area contributed by atoms with Gasteiger partial charge < -0.3 is 9.47 Å². The van der Waals surface area contributed by atoms with E-state index in [2.05, 4.69) is 4.98 Å². The Labute approximate surface area is 151 Å². The summed E-state index contributed by atoms with van der Waals surface area (Å²) in [7, 11) is 0. The number of carbonyl (C=O) groups excluding carboxylic acids is 2. The summed E-state index contributed by atoms with van der Waals surface area (Å²) in [4.78, 5) is 28.3. The van der Waals surface area contributed by atoms with Gasteiger partial charge in [-0.15, -0.1) is 0 Å². The van der Waals surface area contributed by atoms with Crippen molar-refractivity contribution in [3.8, 4) is 5.75 Å². The molecular weight excluding hydrogens is 330 g/mol. The van der Waals surface area contributed by atoms with Gasteiger partial charge in [0.15, 0.2) is 5.78 Å². The Morgan fingerprint density at radius 1 is 1.04 bits per heavy atom. The number of hydrogen-bond donors (Lipinski definition) is 0. The lowest BCUT2D eigenvalue weighted by molar-refractivity contribution is 0.0463. The molecule has 0 aliphatic rings. The van der Waals surface area contributed by atoms with Gasteiger partial charge >= 0.3 is 5.97 Å². The van der Waals surface area contributed by atoms with E-state index >= 15 is 0 Å². The van der Waals surface area contributed by atoms with Gasteiger partial charge in [0.05, 0.1) is 12.1 Å². The van der Waals surface area contributed by atoms with Crippen molar-refractivity contribution in [2.45, 2.75) is 20.5 Å². The molecule has 0 unspecified atom stereocenters. The van der Waals surface area contributed by atoms with Crippen LogP contribution in [0.3, 0.4) is 0 Å². The van der Waals surface area contributed by atoms with E-state index in [-0.39, 0.29) is 18.1 Å². The fourth-order valence-corrected chi connectivity index (χ4v) is 2.60. The molecule has 5 nitrogen and oxygen atoms in total. The number of rotatable bonds is 6. The third kappa shape index (κ3) is 3.88. The van der Waals surface area contributed by atoms with Crippen molar-refractivity contribution in [1.29, 1.82) is 0 Å². The van der Waals surface area contributed by atoms with Gasteiger partial charge in [-0.2, -0.15) is 0 Å². The number of fused-ring (bicyclic) bond motifs is 1. The molecule has 1 heterocycles. The average Bonchev–Trinajstić information content (AvgIpc) is 2.66. The lowest BCUT2D eigenvalue weighted by atomic mass is 10.1. The number of pyridine rings is 1. The van der Waals surface area contributed by atoms with Crippen LogP contribution in [0.4, 0.5) is 0 Å². The lowest BCUT2D eigenvalue weighted by Crippen LogP contribution is -2.09. The van der Waals surface area contributed by atoms with Crippen molar-refractivity contribution in [3.05, 3.63) is 71.4 Å². The maximum Gasteiger partial charge on any atom is 0.357 e. The zero-order valence-corrected chi connectivity index (χ0v) is 14.7. The smallest absolute Gasteiger partial charge is 0.357 e. The van der Waals surface area contributed by atoms with Gasteiger partial charge in [0.1, 0.15) is 18.1 Å². The van der Waals surface area contributed by atoms with Crippen LogP contribution in [0.15, 0.2) is 54.6 Å². The van der Waals surface area contributed by atoms with Crippen LogP contribution >= 0.6 is 0 Å². The van der Waals surface area contributed by atoms with Crippen LogP contribution in [0, 0.1) is 0 Å². The van der Waals surface area contributed by atoms with Crippen molar-refractivity contribution >= 4 is 22.7 Å². The van der Waals surface area contributed by atoms with Crippen LogP contribution in [0.2, 0.25) is 0 Å². The van der Waals surface area contributed by atoms with E-state index in [0.717, 1.165) is 10.9 Å². The fraction of sp³-hybridized carbons (Fsp3) is 0.190. The predicted octanol–water partition coefficient (Wildman–Crippen LogP) is 4.19. The first-order valence-corrected chi connectivity index (χ1v) is 8.38. The predicted molar refractivity (Wildman–Crippen MR) is 98.5 cm³/mol. The van der Waals surface area contributed by atoms with Crippen molar-refractivity contribution < 1.29 is 19.1 Å². The standard InChI is InChI=1S/C21H19NO4/c1-3-25-20-11-9-16(14(2)23)12-17(20)13-26-21(24)19-10-8-15-6-4-5-7-18(15)22-19/h4-12H,3,13H2,1-2H3. The van der Waals surface area contributed by atoms with Crippen LogP contribution in [0.5, 0.6) is 5.75 Å². The Morgan fingerprint density at radius 3 is 2.62 bits per heavy atom. The highest BCUT2D eigenvalue weighted by Gasteiger charge is 2.13. The van der Waals surface area contributed by atoms with Crippen LogP contribution in [0.1, 0.15) is 40.3 Å². The SMILES string of the molecule is CCOc1ccc(C(C)=O)cc1COC(=O)c1ccc2ccccc2n1. The first-order chi connectivity index (χ1) is 12.6. The number of hydrogen-bond acceptors (Lipinski definition) is 5. The van der Waals surface area contributed by atoms with Crippen LogP contribution in [-0.4, -0.2) is 23.3 Å². The largest absolute Gasteiger partial charge is 0.493 e. The van der Waals surface area contributed by atoms with Gasteiger partial charge in [0.2, 0.25) is 0 Å². The summed E-state index contributed by atoms with van der Waals surface area (Å²) in [5.41, 5.74) is 2.16. The van der Waals surface area contributed by atoms with Crippen molar-refractivity contribution in [2.24, 2.45) is 0 Å². The van der Waals surface area contributed by atoms with E-state index < -0.39 is 5.97 Å². The topological polar surface area (TPSA) is 65.5 Å². The minimum Gasteiger partial charge on any atom is -0.493 e. The van der Waals surface area contributed by atoms with Crippen LogP contribution in [-0.2, 0) is 11.3 Å². The number of nitrogens with zero attached hydrogens (tertiary/aromatic N) is 1. The highest BCUT2D eigenvalue weighted by molar-refractivity contribution is 5.94. The van der Waals surface area contributed by atoms with E-state index in [1.54, 1.807) is 24.3 Å². The van der Waals surface area contributed by atoms with Crippen LogP contribution < -0.4 is 4.74 Å². The summed E-state index contributed by atoms with van der Waals surface area (Å²) in [6, 6.07) is 16.1. The van der Waals surface area contributed by atoms with Crippen molar-refractivity contribution in [2.75, 3.05) is 6.61 Å². The molecular formula is C21H19NO4. The summed E-state index contributed by atoms with van der Waals surface area (Å²) in [6.45, 7) is 3.84. The second-order valence-corrected chi connectivity index (χ2v) is 5.78. The van der Waals surface area contributed by atoms with Crippen molar-refractivity contribution in [3.63, 3.8) is 0 Å². The Kier molecular flexibility index (Phi) is 5.27. The molecule has 0 bridgehead atoms. The number of ketones is 1. The number of Topliss-reactive ketones (excluding diaryl/α,β-unsaturated/α-hetero) is 1. The maximum absolute atomic E-state index is 12.4. The van der Waals surface area contributed by atoms with Gasteiger partial charge in [-0.25, -0.2) is 9.78 Å². The molecule has 0 atom stereocenters. The molecule has 0 saturated heterocycles. The fourth-order valence-electron chi connectivity index (χ4n) is 2.60. The Morgan fingerprint density at radius 2 is 1.85 bits per heavy atom. The quantitative estimate of drug-likeness (QED) is 0.493. The highest BCUT2D eigenvalue weighted by Crippen LogP contribution is 2.22. The van der Waals surface area contributed by atoms with Crippen LogP contribution in [0.25, 0.3) is 10.9 Å². The molecule has 132 valence electrons. The normalized spacial score (nSPS) is 10.5. The van der Waals surface area contributed by atoms with Gasteiger partial charge in [-0.3, -0.25) is 4.79 Å². The molecule has 0 aliphatic carbocycles. The molecule has 26 heavy (non-hydrogen) atoms. The van der Waals surface area contributed by atoms with Gasteiger partial charge in [-0.1, -0.05) is 24.3 Å². The molecule has 0 fully saturated rings. The Hall–Kier alpha value is -3.21. The molecule has 2 aromatic carbocycles. The molecule has 1 aromatic heterocycles. The number of aromatic nitrogens is 1. The number of para-hydroxylation sites is 1. The molecule has 5 heteroatoms. The number of ether oxygens (including phenoxy) is 2. The monoisotopic (exact) mass is 349 g/mol. The summed E-state index contributed by atoms with van der Waals surface area (Å²) in [5.74, 6) is 0.0139. The minimum atomic E-state index is -0.522. The first kappa shape index (κ1) is 17.6. The summed E-state index contributed by atoms with van der Waals surface area (Å²) < 4.78 is 10.9. The molecule has 0 aliphatic heterocycles. The molecule has 0 spiro atoms. The van der Waals surface area contributed by atoms with Gasteiger partial charge in [-0.05, 0) is 44.2 Å². The van der Waals surface area contributed by atoms with Gasteiger partial charge in [0.25, 0.3) is 0 Å². The first-order valence-electron chi connectivity index (χ1n) is 8.38. The lowest BCUT2D eigenvalue weighted by Gasteiger charge is -2.12. The molecule has 0 amide bonds. The molecule has 0 radical (unpaired) electrons. The van der Waals surface area contributed by atoms with E-state index in [1.807, 2.05) is 37.3 Å². The molecule has 0 saturated carbocycles. The van der Waals surface area contributed by atoms with E-state index in [9.17, 15) is 9.59 Å².